The molecule has 1 nitrogen and oxygen atoms in total. The number of nitriles is 1. The molecule has 1 aromatic heterocycles. The van der Waals surface area contributed by atoms with Gasteiger partial charge in [-0.2, -0.15) is 5.26 Å². The summed E-state index contributed by atoms with van der Waals surface area (Å²) in [6.07, 6.45) is 3.08. The minimum atomic E-state index is 0.664. The van der Waals surface area contributed by atoms with Crippen molar-refractivity contribution in [2.24, 2.45) is 5.92 Å². The van der Waals surface area contributed by atoms with Gasteiger partial charge in [0.25, 0.3) is 0 Å². The first-order valence-corrected chi connectivity index (χ1v) is 8.44. The van der Waals surface area contributed by atoms with Gasteiger partial charge >= 0.3 is 0 Å². The van der Waals surface area contributed by atoms with Crippen LogP contribution in [0.4, 0.5) is 0 Å². The fraction of sp³-hybridized carbons (Fsp3) is 0.235. The van der Waals surface area contributed by atoms with Gasteiger partial charge in [0.1, 0.15) is 0 Å². The van der Waals surface area contributed by atoms with Crippen molar-refractivity contribution in [3.8, 4) is 6.07 Å². The first-order chi connectivity index (χ1) is 9.58. The third-order valence-corrected chi connectivity index (χ3v) is 4.63. The van der Waals surface area contributed by atoms with Gasteiger partial charge in [-0.3, -0.25) is 0 Å². The lowest BCUT2D eigenvalue weighted by Gasteiger charge is -2.00. The van der Waals surface area contributed by atoms with E-state index in [0.29, 0.717) is 5.92 Å². The molecule has 1 aromatic carbocycles. The maximum absolute atomic E-state index is 9.35. The molecule has 102 valence electrons. The summed E-state index contributed by atoms with van der Waals surface area (Å²) in [7, 11) is 0. The SMILES string of the molecule is CC(C)Cc1ccc(/C=C(\C#N)c2ccc(I)cc2)s1. The van der Waals surface area contributed by atoms with Gasteiger partial charge in [0.05, 0.1) is 11.6 Å². The Kier molecular flexibility index (Phi) is 5.38. The lowest BCUT2D eigenvalue weighted by Crippen LogP contribution is -1.89. The second-order valence-electron chi connectivity index (χ2n) is 5.08. The molecule has 0 fully saturated rings. The van der Waals surface area contributed by atoms with Crippen molar-refractivity contribution in [1.29, 1.82) is 5.26 Å². The summed E-state index contributed by atoms with van der Waals surface area (Å²) in [5.74, 6) is 0.664. The van der Waals surface area contributed by atoms with Crippen LogP contribution in [0.5, 0.6) is 0 Å². The van der Waals surface area contributed by atoms with Crippen molar-refractivity contribution in [3.63, 3.8) is 0 Å². The molecule has 1 heterocycles. The van der Waals surface area contributed by atoms with E-state index in [9.17, 15) is 5.26 Å². The van der Waals surface area contributed by atoms with E-state index in [1.165, 1.54) is 8.45 Å². The molecule has 2 rings (SSSR count). The van der Waals surface area contributed by atoms with Crippen molar-refractivity contribution in [3.05, 3.63) is 55.3 Å². The van der Waals surface area contributed by atoms with Crippen LogP contribution in [0.1, 0.15) is 29.2 Å². The first kappa shape index (κ1) is 15.3. The van der Waals surface area contributed by atoms with E-state index in [1.807, 2.05) is 30.3 Å². The van der Waals surface area contributed by atoms with Crippen LogP contribution in [0.2, 0.25) is 0 Å². The van der Waals surface area contributed by atoms with E-state index in [-0.39, 0.29) is 0 Å². The van der Waals surface area contributed by atoms with Crippen LogP contribution >= 0.6 is 33.9 Å². The summed E-state index contributed by atoms with van der Waals surface area (Å²) in [6.45, 7) is 4.45. The van der Waals surface area contributed by atoms with E-state index >= 15 is 0 Å². The molecule has 0 unspecified atom stereocenters. The lowest BCUT2D eigenvalue weighted by atomic mass is 10.1. The van der Waals surface area contributed by atoms with Crippen LogP contribution in [-0.2, 0) is 6.42 Å². The highest BCUT2D eigenvalue weighted by molar-refractivity contribution is 14.1. The molecule has 0 amide bonds. The number of halogens is 1. The summed E-state index contributed by atoms with van der Waals surface area (Å²) in [4.78, 5) is 2.53. The van der Waals surface area contributed by atoms with Crippen molar-refractivity contribution in [1.82, 2.24) is 0 Å². The van der Waals surface area contributed by atoms with Crippen molar-refractivity contribution >= 4 is 45.6 Å². The molecule has 0 saturated carbocycles. The van der Waals surface area contributed by atoms with Crippen molar-refractivity contribution < 1.29 is 0 Å². The van der Waals surface area contributed by atoms with Crippen LogP contribution in [0.15, 0.2) is 36.4 Å². The zero-order chi connectivity index (χ0) is 14.5. The summed E-state index contributed by atoms with van der Waals surface area (Å²) < 4.78 is 1.18. The largest absolute Gasteiger partial charge is 0.192 e. The summed E-state index contributed by atoms with van der Waals surface area (Å²) in [5.41, 5.74) is 1.70. The fourth-order valence-corrected chi connectivity index (χ4v) is 3.46. The highest BCUT2D eigenvalue weighted by atomic mass is 127. The molecule has 0 aliphatic carbocycles. The number of hydrogen-bond donors (Lipinski definition) is 0. The summed E-state index contributed by atoms with van der Waals surface area (Å²) in [6, 6.07) is 14.6. The topological polar surface area (TPSA) is 23.8 Å². The molecule has 2 aromatic rings. The number of nitrogens with zero attached hydrogens (tertiary/aromatic N) is 1. The zero-order valence-electron chi connectivity index (χ0n) is 11.6. The molecule has 0 radical (unpaired) electrons. The standard InChI is InChI=1S/C17H16INS/c1-12(2)9-16-7-8-17(20-16)10-14(11-19)13-3-5-15(18)6-4-13/h3-8,10,12H,9H2,1-2H3/b14-10+. The molecule has 3 heteroatoms. The Morgan fingerprint density at radius 3 is 2.55 bits per heavy atom. The highest BCUT2D eigenvalue weighted by Crippen LogP contribution is 2.25. The van der Waals surface area contributed by atoms with Gasteiger partial charge in [0.15, 0.2) is 0 Å². The Hall–Kier alpha value is -1.12. The maximum Gasteiger partial charge on any atom is 0.0998 e. The third kappa shape index (κ3) is 4.19. The minimum Gasteiger partial charge on any atom is -0.192 e. The molecule has 0 N–H and O–H groups in total. The van der Waals surface area contributed by atoms with Crippen LogP contribution < -0.4 is 0 Å². The predicted molar refractivity (Wildman–Crippen MR) is 95.5 cm³/mol. The second kappa shape index (κ2) is 7.05. The molecule has 0 aliphatic rings. The van der Waals surface area contributed by atoms with E-state index in [4.69, 9.17) is 0 Å². The highest BCUT2D eigenvalue weighted by Gasteiger charge is 2.04. The van der Waals surface area contributed by atoms with E-state index in [0.717, 1.165) is 22.4 Å². The van der Waals surface area contributed by atoms with Gasteiger partial charge in [0.2, 0.25) is 0 Å². The van der Waals surface area contributed by atoms with E-state index in [2.05, 4.69) is 54.6 Å². The van der Waals surface area contributed by atoms with Crippen LogP contribution in [0, 0.1) is 20.8 Å². The predicted octanol–water partition coefficient (Wildman–Crippen LogP) is 5.62. The molecular weight excluding hydrogens is 377 g/mol. The average molecular weight is 393 g/mol. The van der Waals surface area contributed by atoms with Gasteiger partial charge in [-0.25, -0.2) is 0 Å². The number of rotatable bonds is 4. The minimum absolute atomic E-state index is 0.664. The Morgan fingerprint density at radius 1 is 1.25 bits per heavy atom. The molecule has 0 bridgehead atoms. The number of allylic oxidation sites excluding steroid dienone is 1. The summed E-state index contributed by atoms with van der Waals surface area (Å²) in [5, 5.41) is 9.35. The quantitative estimate of drug-likeness (QED) is 0.489. The van der Waals surface area contributed by atoms with E-state index < -0.39 is 0 Å². The first-order valence-electron chi connectivity index (χ1n) is 6.55. The van der Waals surface area contributed by atoms with Crippen LogP contribution in [0.3, 0.4) is 0 Å². The van der Waals surface area contributed by atoms with Crippen molar-refractivity contribution in [2.45, 2.75) is 20.3 Å². The molecule has 0 saturated heterocycles. The zero-order valence-corrected chi connectivity index (χ0v) is 14.5. The van der Waals surface area contributed by atoms with Gasteiger partial charge in [-0.15, -0.1) is 11.3 Å². The molecule has 0 spiro atoms. The smallest absolute Gasteiger partial charge is 0.0998 e. The van der Waals surface area contributed by atoms with Gasteiger partial charge in [-0.05, 0) is 70.8 Å². The molecular formula is C17H16INS. The normalized spacial score (nSPS) is 11.7. The Labute approximate surface area is 138 Å². The summed E-state index contributed by atoms with van der Waals surface area (Å²) >= 11 is 4.04. The number of benzene rings is 1. The maximum atomic E-state index is 9.35. The van der Waals surface area contributed by atoms with Crippen LogP contribution in [-0.4, -0.2) is 0 Å². The lowest BCUT2D eigenvalue weighted by molar-refractivity contribution is 0.654. The Bertz CT molecular complexity index is 644. The van der Waals surface area contributed by atoms with Crippen LogP contribution in [0.25, 0.3) is 11.6 Å². The second-order valence-corrected chi connectivity index (χ2v) is 7.52. The van der Waals surface area contributed by atoms with E-state index in [1.54, 1.807) is 11.3 Å². The molecule has 0 aliphatic heterocycles. The average Bonchev–Trinajstić information content (AvgIpc) is 2.83. The van der Waals surface area contributed by atoms with Crippen molar-refractivity contribution in [2.75, 3.05) is 0 Å². The fourth-order valence-electron chi connectivity index (χ4n) is 1.94. The molecule has 0 atom stereocenters. The van der Waals surface area contributed by atoms with Gasteiger partial charge in [0, 0.05) is 13.3 Å². The number of thiophene rings is 1. The van der Waals surface area contributed by atoms with Gasteiger partial charge < -0.3 is 0 Å². The molecule has 20 heavy (non-hydrogen) atoms. The number of hydrogen-bond acceptors (Lipinski definition) is 2. The Morgan fingerprint density at radius 2 is 1.95 bits per heavy atom. The van der Waals surface area contributed by atoms with Gasteiger partial charge in [-0.1, -0.05) is 26.0 Å². The Balaban J connectivity index is 2.25. The monoisotopic (exact) mass is 393 g/mol. The third-order valence-electron chi connectivity index (χ3n) is 2.85.